The van der Waals surface area contributed by atoms with Gasteiger partial charge in [0.15, 0.2) is 0 Å². The highest BCUT2D eigenvalue weighted by molar-refractivity contribution is 6.10. The third-order valence-electron chi connectivity index (χ3n) is 4.83. The zero-order chi connectivity index (χ0) is 23.9. The summed E-state index contributed by atoms with van der Waals surface area (Å²) in [7, 11) is 1.46. The van der Waals surface area contributed by atoms with E-state index in [4.69, 9.17) is 9.47 Å². The number of ether oxygens (including phenoxy) is 2. The smallest absolute Gasteiger partial charge is 0.416 e. The van der Waals surface area contributed by atoms with Gasteiger partial charge in [0, 0.05) is 25.0 Å². The van der Waals surface area contributed by atoms with Crippen LogP contribution >= 0.6 is 0 Å². The first-order valence-corrected chi connectivity index (χ1v) is 10.0. The number of halogens is 3. The Morgan fingerprint density at radius 2 is 1.97 bits per heavy atom. The highest BCUT2D eigenvalue weighted by Gasteiger charge is 2.31. The summed E-state index contributed by atoms with van der Waals surface area (Å²) in [6.45, 7) is 6.95. The van der Waals surface area contributed by atoms with Gasteiger partial charge in [0.25, 0.3) is 5.91 Å². The Hall–Kier alpha value is -3.25. The summed E-state index contributed by atoms with van der Waals surface area (Å²) in [4.78, 5) is 12.7. The highest BCUT2D eigenvalue weighted by atomic mass is 19.4. The summed E-state index contributed by atoms with van der Waals surface area (Å²) in [5.41, 5.74) is 1.22. The second-order valence-corrected chi connectivity index (χ2v) is 7.15. The SMILES string of the molecule is CCCn1c(C)cc(C=C(C#N)C(=O)Nc2cc(C(F)(F)F)ccc2OCCOC)c1C. The average Bonchev–Trinajstić information content (AvgIpc) is 3.00. The van der Waals surface area contributed by atoms with Gasteiger partial charge in [-0.3, -0.25) is 4.79 Å². The van der Waals surface area contributed by atoms with Gasteiger partial charge in [-0.15, -0.1) is 0 Å². The largest absolute Gasteiger partial charge is 0.489 e. The number of nitrogens with zero attached hydrogens (tertiary/aromatic N) is 2. The summed E-state index contributed by atoms with van der Waals surface area (Å²) in [6, 6.07) is 6.46. The molecule has 1 amide bonds. The number of nitriles is 1. The van der Waals surface area contributed by atoms with Crippen molar-refractivity contribution in [1.82, 2.24) is 4.57 Å². The van der Waals surface area contributed by atoms with Crippen LogP contribution in [0.5, 0.6) is 5.75 Å². The fraction of sp³-hybridized carbons (Fsp3) is 0.391. The maximum atomic E-state index is 13.2. The number of hydrogen-bond donors (Lipinski definition) is 1. The normalized spacial score (nSPS) is 11.9. The van der Waals surface area contributed by atoms with Crippen LogP contribution in [0.1, 0.15) is 35.9 Å². The van der Waals surface area contributed by atoms with Crippen LogP contribution in [0.3, 0.4) is 0 Å². The number of alkyl halides is 3. The van der Waals surface area contributed by atoms with Crippen LogP contribution in [-0.4, -0.2) is 30.8 Å². The van der Waals surface area contributed by atoms with Gasteiger partial charge in [-0.05, 0) is 56.2 Å². The molecule has 0 saturated carbocycles. The lowest BCUT2D eigenvalue weighted by atomic mass is 10.1. The number of aryl methyl sites for hydroxylation is 1. The van der Waals surface area contributed by atoms with Gasteiger partial charge in [-0.1, -0.05) is 6.92 Å². The molecule has 6 nitrogen and oxygen atoms in total. The number of hydrogen-bond acceptors (Lipinski definition) is 4. The number of amides is 1. The van der Waals surface area contributed by atoms with Gasteiger partial charge in [-0.2, -0.15) is 18.4 Å². The molecule has 1 aromatic heterocycles. The molecule has 2 rings (SSSR count). The van der Waals surface area contributed by atoms with Crippen LogP contribution in [0.4, 0.5) is 18.9 Å². The number of anilines is 1. The molecule has 32 heavy (non-hydrogen) atoms. The van der Waals surface area contributed by atoms with Crippen LogP contribution < -0.4 is 10.1 Å². The molecule has 0 spiro atoms. The minimum atomic E-state index is -4.60. The third-order valence-corrected chi connectivity index (χ3v) is 4.83. The molecule has 0 aliphatic carbocycles. The number of carbonyl (C=O) groups is 1. The topological polar surface area (TPSA) is 76.3 Å². The Morgan fingerprint density at radius 3 is 2.56 bits per heavy atom. The predicted octanol–water partition coefficient (Wildman–Crippen LogP) is 5.10. The fourth-order valence-electron chi connectivity index (χ4n) is 3.20. The average molecular weight is 449 g/mol. The molecule has 1 aromatic carbocycles. The quantitative estimate of drug-likeness (QED) is 0.328. The lowest BCUT2D eigenvalue weighted by Crippen LogP contribution is -2.16. The number of aromatic nitrogens is 1. The van der Waals surface area contributed by atoms with E-state index in [0.29, 0.717) is 5.56 Å². The molecule has 0 saturated heterocycles. The first-order chi connectivity index (χ1) is 15.1. The lowest BCUT2D eigenvalue weighted by molar-refractivity contribution is -0.137. The van der Waals surface area contributed by atoms with Crippen LogP contribution in [0, 0.1) is 25.2 Å². The summed E-state index contributed by atoms with van der Waals surface area (Å²) in [6.07, 6.45) is -2.25. The van der Waals surface area contributed by atoms with Crippen molar-refractivity contribution in [2.45, 2.75) is 39.9 Å². The minimum absolute atomic E-state index is 0.0433. The van der Waals surface area contributed by atoms with E-state index >= 15 is 0 Å². The van der Waals surface area contributed by atoms with Crippen molar-refractivity contribution in [3.63, 3.8) is 0 Å². The monoisotopic (exact) mass is 449 g/mol. The van der Waals surface area contributed by atoms with E-state index in [0.717, 1.165) is 42.6 Å². The summed E-state index contributed by atoms with van der Waals surface area (Å²) in [5.74, 6) is -0.787. The van der Waals surface area contributed by atoms with E-state index in [1.54, 1.807) is 0 Å². The van der Waals surface area contributed by atoms with E-state index < -0.39 is 17.6 Å². The lowest BCUT2D eigenvalue weighted by Gasteiger charge is -2.15. The second kappa shape index (κ2) is 10.9. The van der Waals surface area contributed by atoms with Gasteiger partial charge < -0.3 is 19.4 Å². The molecule has 0 aliphatic heterocycles. The van der Waals surface area contributed by atoms with Gasteiger partial charge >= 0.3 is 6.18 Å². The van der Waals surface area contributed by atoms with E-state index in [-0.39, 0.29) is 30.2 Å². The molecule has 1 N–H and O–H groups in total. The van der Waals surface area contributed by atoms with E-state index in [9.17, 15) is 23.2 Å². The van der Waals surface area contributed by atoms with Crippen molar-refractivity contribution in [3.05, 3.63) is 52.4 Å². The van der Waals surface area contributed by atoms with Gasteiger partial charge in [0.2, 0.25) is 0 Å². The number of methoxy groups -OCH3 is 1. The Morgan fingerprint density at radius 1 is 1.25 bits per heavy atom. The fourth-order valence-corrected chi connectivity index (χ4v) is 3.20. The number of carbonyl (C=O) groups excluding carboxylic acids is 1. The first kappa shape index (κ1) is 25.0. The van der Waals surface area contributed by atoms with E-state index in [1.807, 2.05) is 32.9 Å². The van der Waals surface area contributed by atoms with Crippen LogP contribution in [-0.2, 0) is 22.3 Å². The molecule has 2 aromatic rings. The molecule has 0 unspecified atom stereocenters. The number of rotatable bonds is 9. The van der Waals surface area contributed by atoms with E-state index in [1.165, 1.54) is 13.2 Å². The Balaban J connectivity index is 2.37. The van der Waals surface area contributed by atoms with Crippen molar-refractivity contribution in [2.75, 3.05) is 25.6 Å². The molecule has 0 atom stereocenters. The van der Waals surface area contributed by atoms with Crippen molar-refractivity contribution in [1.29, 1.82) is 5.26 Å². The number of nitrogens with one attached hydrogen (secondary N) is 1. The third kappa shape index (κ3) is 6.14. The summed E-state index contributed by atoms with van der Waals surface area (Å²) >= 11 is 0. The van der Waals surface area contributed by atoms with Crippen molar-refractivity contribution < 1.29 is 27.4 Å². The Labute approximate surface area is 185 Å². The Kier molecular flexibility index (Phi) is 8.49. The minimum Gasteiger partial charge on any atom is -0.489 e. The number of benzene rings is 1. The molecule has 0 aliphatic rings. The van der Waals surface area contributed by atoms with Crippen LogP contribution in [0.15, 0.2) is 29.8 Å². The molecular formula is C23H26F3N3O3. The predicted molar refractivity (Wildman–Crippen MR) is 115 cm³/mol. The Bertz CT molecular complexity index is 1030. The molecule has 1 heterocycles. The summed E-state index contributed by atoms with van der Waals surface area (Å²) in [5, 5.41) is 11.9. The molecule has 0 bridgehead atoms. The van der Waals surface area contributed by atoms with Crippen LogP contribution in [0.2, 0.25) is 0 Å². The standard InChI is InChI=1S/C23H26F3N3O3/c1-5-8-29-15(2)11-17(16(29)3)12-18(14-27)22(30)28-20-13-19(23(24,25)26)6-7-21(20)32-10-9-31-4/h6-7,11-13H,5,8-10H2,1-4H3,(H,28,30). The summed E-state index contributed by atoms with van der Waals surface area (Å²) < 4.78 is 51.9. The molecule has 0 radical (unpaired) electrons. The zero-order valence-corrected chi connectivity index (χ0v) is 18.5. The van der Waals surface area contributed by atoms with Crippen molar-refractivity contribution in [3.8, 4) is 11.8 Å². The maximum absolute atomic E-state index is 13.2. The van der Waals surface area contributed by atoms with Crippen LogP contribution in [0.25, 0.3) is 6.08 Å². The first-order valence-electron chi connectivity index (χ1n) is 10.0. The molecule has 0 fully saturated rings. The maximum Gasteiger partial charge on any atom is 0.416 e. The molecule has 172 valence electrons. The van der Waals surface area contributed by atoms with Crippen molar-refractivity contribution in [2.24, 2.45) is 0 Å². The molecular weight excluding hydrogens is 423 g/mol. The zero-order valence-electron chi connectivity index (χ0n) is 18.5. The van der Waals surface area contributed by atoms with Gasteiger partial charge in [0.1, 0.15) is 24.0 Å². The van der Waals surface area contributed by atoms with E-state index in [2.05, 4.69) is 9.88 Å². The second-order valence-electron chi connectivity index (χ2n) is 7.15. The van der Waals surface area contributed by atoms with Crippen molar-refractivity contribution >= 4 is 17.7 Å². The highest BCUT2D eigenvalue weighted by Crippen LogP contribution is 2.35. The van der Waals surface area contributed by atoms with Gasteiger partial charge in [0.05, 0.1) is 17.9 Å². The van der Waals surface area contributed by atoms with Gasteiger partial charge in [-0.25, -0.2) is 0 Å². The molecule has 9 heteroatoms.